The predicted octanol–water partition coefficient (Wildman–Crippen LogP) is 5.34. The number of nitrogens with zero attached hydrogens (tertiary/aromatic N) is 3. The predicted molar refractivity (Wildman–Crippen MR) is 166 cm³/mol. The van der Waals surface area contributed by atoms with Crippen LogP contribution in [-0.4, -0.2) is 72.6 Å². The number of nitriles is 1. The van der Waals surface area contributed by atoms with Gasteiger partial charge in [0, 0.05) is 49.6 Å². The van der Waals surface area contributed by atoms with Crippen LogP contribution in [0.25, 0.3) is 11.3 Å². The van der Waals surface area contributed by atoms with Gasteiger partial charge in [-0.05, 0) is 83.4 Å². The van der Waals surface area contributed by atoms with Crippen molar-refractivity contribution < 1.29 is 19.0 Å². The Kier molecular flexibility index (Phi) is 10.4. The molecule has 5 rings (SSSR count). The van der Waals surface area contributed by atoms with Crippen LogP contribution < -0.4 is 16.0 Å². The highest BCUT2D eigenvalue weighted by molar-refractivity contribution is 6.33. The number of aromatic nitrogens is 2. The van der Waals surface area contributed by atoms with Crippen LogP contribution in [-0.2, 0) is 19.0 Å². The number of anilines is 2. The molecule has 0 radical (unpaired) electrons. The fourth-order valence-corrected chi connectivity index (χ4v) is 6.08. The average Bonchev–Trinajstić information content (AvgIpc) is 3.83. The number of carbonyl (C=O) groups is 1. The summed E-state index contributed by atoms with van der Waals surface area (Å²) in [5.41, 5.74) is 0.407. The van der Waals surface area contributed by atoms with Gasteiger partial charge in [-0.25, -0.2) is 14.8 Å². The molecule has 0 aromatic carbocycles. The van der Waals surface area contributed by atoms with Crippen molar-refractivity contribution in [2.75, 3.05) is 43.6 Å². The van der Waals surface area contributed by atoms with Crippen molar-refractivity contribution in [3.05, 3.63) is 35.5 Å². The summed E-state index contributed by atoms with van der Waals surface area (Å²) in [5.74, 6) is 1.25. The molecule has 2 aromatic heterocycles. The first kappa shape index (κ1) is 31.5. The summed E-state index contributed by atoms with van der Waals surface area (Å²) >= 11 is 6.58. The van der Waals surface area contributed by atoms with E-state index in [1.54, 1.807) is 6.20 Å². The van der Waals surface area contributed by atoms with Gasteiger partial charge in [0.25, 0.3) is 0 Å². The van der Waals surface area contributed by atoms with Crippen molar-refractivity contribution in [1.29, 1.82) is 5.26 Å². The van der Waals surface area contributed by atoms with E-state index in [2.05, 4.69) is 33.9 Å². The molecule has 43 heavy (non-hydrogen) atoms. The molecular formula is C32H43ClN6O4. The van der Waals surface area contributed by atoms with E-state index in [1.807, 2.05) is 31.2 Å². The highest BCUT2D eigenvalue weighted by Gasteiger charge is 2.53. The Balaban J connectivity index is 1.11. The minimum Gasteiger partial charge on any atom is -0.464 e. The number of hydrogen-bond acceptors (Lipinski definition) is 10. The van der Waals surface area contributed by atoms with Gasteiger partial charge in [-0.2, -0.15) is 5.26 Å². The summed E-state index contributed by atoms with van der Waals surface area (Å²) in [4.78, 5) is 21.5. The summed E-state index contributed by atoms with van der Waals surface area (Å²) < 4.78 is 16.6. The van der Waals surface area contributed by atoms with Crippen molar-refractivity contribution in [3.63, 3.8) is 0 Å². The molecule has 3 heterocycles. The second-order valence-electron chi connectivity index (χ2n) is 12.1. The Morgan fingerprint density at radius 3 is 2.60 bits per heavy atom. The zero-order chi connectivity index (χ0) is 30.3. The molecule has 1 saturated heterocycles. The normalized spacial score (nSPS) is 23.0. The van der Waals surface area contributed by atoms with E-state index in [0.29, 0.717) is 68.7 Å². The molecule has 0 unspecified atom stereocenters. The SMILES string of the molecule is CCOC(=O)C1(OC[C@H](C)NC2CCC(Nc3cc(-c4cccc(NCC5(C#N)CCOCC5)n4)c(Cl)cn3)CC2)CC1. The largest absolute Gasteiger partial charge is 0.464 e. The maximum Gasteiger partial charge on any atom is 0.338 e. The van der Waals surface area contributed by atoms with Crippen LogP contribution in [0.1, 0.15) is 65.2 Å². The average molecular weight is 611 g/mol. The van der Waals surface area contributed by atoms with Crippen molar-refractivity contribution >= 4 is 29.2 Å². The topological polar surface area (TPSA) is 130 Å². The smallest absolute Gasteiger partial charge is 0.338 e. The molecule has 0 spiro atoms. The van der Waals surface area contributed by atoms with Crippen molar-refractivity contribution in [1.82, 2.24) is 15.3 Å². The lowest BCUT2D eigenvalue weighted by Crippen LogP contribution is -2.44. The Morgan fingerprint density at radius 2 is 1.91 bits per heavy atom. The molecule has 3 aliphatic rings. The molecule has 3 fully saturated rings. The van der Waals surface area contributed by atoms with Gasteiger partial charge in [-0.1, -0.05) is 17.7 Å². The summed E-state index contributed by atoms with van der Waals surface area (Å²) in [7, 11) is 0. The summed E-state index contributed by atoms with van der Waals surface area (Å²) in [6.07, 6.45) is 8.69. The van der Waals surface area contributed by atoms with Gasteiger partial charge in [-0.3, -0.25) is 0 Å². The lowest BCUT2D eigenvalue weighted by Gasteiger charge is -2.32. The summed E-state index contributed by atoms with van der Waals surface area (Å²) in [6.45, 7) is 6.54. The van der Waals surface area contributed by atoms with Crippen LogP contribution in [0.2, 0.25) is 5.02 Å². The Hall–Kier alpha value is -2.97. The van der Waals surface area contributed by atoms with Gasteiger partial charge in [0.15, 0.2) is 5.60 Å². The first-order valence-corrected chi connectivity index (χ1v) is 15.9. The molecule has 2 saturated carbocycles. The minimum absolute atomic E-state index is 0.154. The van der Waals surface area contributed by atoms with Gasteiger partial charge in [0.2, 0.25) is 0 Å². The number of halogens is 1. The van der Waals surface area contributed by atoms with Gasteiger partial charge < -0.3 is 30.2 Å². The van der Waals surface area contributed by atoms with E-state index in [9.17, 15) is 10.1 Å². The molecule has 1 aliphatic heterocycles. The van der Waals surface area contributed by atoms with Crippen molar-refractivity contribution in [2.45, 2.75) is 88.9 Å². The third-order valence-corrected chi connectivity index (χ3v) is 9.04. The molecule has 11 heteroatoms. The highest BCUT2D eigenvalue weighted by atomic mass is 35.5. The number of ether oxygens (including phenoxy) is 3. The molecule has 2 aromatic rings. The lowest BCUT2D eigenvalue weighted by atomic mass is 9.82. The van der Waals surface area contributed by atoms with E-state index >= 15 is 0 Å². The standard InChI is InChI=1S/C32H43ClN6O4/c1-3-42-30(40)32(11-12-32)43-19-22(2)37-23-7-9-24(10-8-23)38-29-17-25(26(33)18-35-29)27-5-4-6-28(39-27)36-21-31(20-34)13-15-41-16-14-31/h4-6,17-18,22-24,37H,3,7-16,19,21H2,1-2H3,(H,35,38)(H,36,39)/t22-,23?,24?/m0/s1. The maximum atomic E-state index is 12.1. The Labute approximate surface area is 259 Å². The number of esters is 1. The molecule has 10 nitrogen and oxygen atoms in total. The summed E-state index contributed by atoms with van der Waals surface area (Å²) in [5, 5.41) is 20.9. The molecule has 0 amide bonds. The van der Waals surface area contributed by atoms with Crippen molar-refractivity contribution in [3.8, 4) is 17.3 Å². The van der Waals surface area contributed by atoms with Crippen LogP contribution in [0.15, 0.2) is 30.5 Å². The fourth-order valence-electron chi connectivity index (χ4n) is 5.88. The molecular weight excluding hydrogens is 568 g/mol. The first-order chi connectivity index (χ1) is 20.8. The molecule has 2 aliphatic carbocycles. The molecule has 232 valence electrons. The summed E-state index contributed by atoms with van der Waals surface area (Å²) in [6, 6.07) is 11.1. The maximum absolute atomic E-state index is 12.1. The van der Waals surface area contributed by atoms with Gasteiger partial charge in [0.05, 0.1) is 35.4 Å². The van der Waals surface area contributed by atoms with Crippen LogP contribution in [0.5, 0.6) is 0 Å². The lowest BCUT2D eigenvalue weighted by molar-refractivity contribution is -0.160. The zero-order valence-corrected chi connectivity index (χ0v) is 25.9. The minimum atomic E-state index is -0.712. The fraction of sp³-hybridized carbons (Fsp3) is 0.625. The van der Waals surface area contributed by atoms with Crippen molar-refractivity contribution in [2.24, 2.45) is 5.41 Å². The van der Waals surface area contributed by atoms with E-state index < -0.39 is 11.0 Å². The van der Waals surface area contributed by atoms with Crippen LogP contribution in [0, 0.1) is 16.7 Å². The molecule has 1 atom stereocenters. The third-order valence-electron chi connectivity index (χ3n) is 8.74. The van der Waals surface area contributed by atoms with Crippen LogP contribution in [0.3, 0.4) is 0 Å². The zero-order valence-electron chi connectivity index (χ0n) is 25.2. The second kappa shape index (κ2) is 14.2. The Bertz CT molecular complexity index is 1280. The number of pyridine rings is 2. The monoisotopic (exact) mass is 610 g/mol. The second-order valence-corrected chi connectivity index (χ2v) is 12.5. The first-order valence-electron chi connectivity index (χ1n) is 15.5. The van der Waals surface area contributed by atoms with Gasteiger partial charge in [-0.15, -0.1) is 0 Å². The van der Waals surface area contributed by atoms with Gasteiger partial charge >= 0.3 is 5.97 Å². The number of nitrogens with one attached hydrogen (secondary N) is 3. The van der Waals surface area contributed by atoms with Crippen LogP contribution in [0.4, 0.5) is 11.6 Å². The molecule has 3 N–H and O–H groups in total. The Morgan fingerprint density at radius 1 is 1.16 bits per heavy atom. The highest BCUT2D eigenvalue weighted by Crippen LogP contribution is 2.41. The quantitative estimate of drug-likeness (QED) is 0.255. The van der Waals surface area contributed by atoms with E-state index in [4.69, 9.17) is 30.8 Å². The van der Waals surface area contributed by atoms with E-state index in [-0.39, 0.29) is 12.0 Å². The van der Waals surface area contributed by atoms with Gasteiger partial charge in [0.1, 0.15) is 11.6 Å². The number of hydrogen-bond donors (Lipinski definition) is 3. The molecule has 0 bridgehead atoms. The number of carbonyl (C=O) groups excluding carboxylic acids is 1. The third kappa shape index (κ3) is 8.15. The van der Waals surface area contributed by atoms with Crippen LogP contribution >= 0.6 is 11.6 Å². The number of rotatable bonds is 13. The van der Waals surface area contributed by atoms with E-state index in [0.717, 1.165) is 55.6 Å². The van der Waals surface area contributed by atoms with E-state index in [1.165, 1.54) is 0 Å².